The van der Waals surface area contributed by atoms with Gasteiger partial charge in [0.05, 0.1) is 11.9 Å². The lowest BCUT2D eigenvalue weighted by atomic mass is 10.1. The van der Waals surface area contributed by atoms with Crippen LogP contribution in [0.25, 0.3) is 0 Å². The van der Waals surface area contributed by atoms with Crippen LogP contribution in [-0.4, -0.2) is 35.4 Å². The van der Waals surface area contributed by atoms with E-state index in [-0.39, 0.29) is 24.9 Å². The molecule has 7 nitrogen and oxygen atoms in total. The van der Waals surface area contributed by atoms with Crippen LogP contribution in [0.4, 0.5) is 10.5 Å². The van der Waals surface area contributed by atoms with Gasteiger partial charge in [-0.1, -0.05) is 36.4 Å². The van der Waals surface area contributed by atoms with Crippen molar-refractivity contribution in [3.05, 3.63) is 83.6 Å². The van der Waals surface area contributed by atoms with Crippen molar-refractivity contribution in [1.29, 1.82) is 0 Å². The van der Waals surface area contributed by atoms with E-state index in [1.54, 1.807) is 30.3 Å². The molecule has 32 heavy (non-hydrogen) atoms. The van der Waals surface area contributed by atoms with Crippen LogP contribution < -0.4 is 15.4 Å². The van der Waals surface area contributed by atoms with Crippen LogP contribution in [0, 0.1) is 13.8 Å². The highest BCUT2D eigenvalue weighted by Crippen LogP contribution is 2.23. The average molecular weight is 433 g/mol. The molecule has 0 radical (unpaired) electrons. The molecule has 3 rings (SSSR count). The molecule has 0 aliphatic carbocycles. The summed E-state index contributed by atoms with van der Waals surface area (Å²) >= 11 is 0. The maximum atomic E-state index is 12.2. The van der Waals surface area contributed by atoms with Crippen molar-refractivity contribution in [3.63, 3.8) is 0 Å². The Morgan fingerprint density at radius 1 is 1.00 bits per heavy atom. The number of carbonyl (C=O) groups is 2. The van der Waals surface area contributed by atoms with Crippen molar-refractivity contribution in [3.8, 4) is 11.6 Å². The Kier molecular flexibility index (Phi) is 7.80. The summed E-state index contributed by atoms with van der Waals surface area (Å²) in [5, 5.41) is 5.53. The summed E-state index contributed by atoms with van der Waals surface area (Å²) in [6.07, 6.45) is 1.70. The summed E-state index contributed by atoms with van der Waals surface area (Å²) in [6, 6.07) is 18.8. The van der Waals surface area contributed by atoms with Crippen LogP contribution in [0.1, 0.15) is 23.1 Å². The molecular weight excluding hydrogens is 404 g/mol. The minimum absolute atomic E-state index is 0.159. The van der Waals surface area contributed by atoms with Gasteiger partial charge in [0.1, 0.15) is 5.75 Å². The van der Waals surface area contributed by atoms with Gasteiger partial charge in [-0.2, -0.15) is 0 Å². The number of benzene rings is 2. The van der Waals surface area contributed by atoms with E-state index in [1.807, 2.05) is 62.4 Å². The van der Waals surface area contributed by atoms with E-state index in [0.29, 0.717) is 23.9 Å². The molecule has 3 aromatic rings. The van der Waals surface area contributed by atoms with Gasteiger partial charge in [0.2, 0.25) is 11.8 Å². The standard InChI is InChI=1S/C25H28N4O3/c1-18-9-11-22(15-19(18)2)32-24-12-10-21(16-27-24)28-23(30)13-14-26-25(31)29(3)17-20-7-5-4-6-8-20/h4-12,15-16H,13-14,17H2,1-3H3,(H,26,31)(H,28,30). The van der Waals surface area contributed by atoms with E-state index in [2.05, 4.69) is 15.6 Å². The first kappa shape index (κ1) is 22.8. The Bertz CT molecular complexity index is 1050. The molecule has 0 aliphatic heterocycles. The van der Waals surface area contributed by atoms with E-state index in [0.717, 1.165) is 11.1 Å². The molecule has 166 valence electrons. The van der Waals surface area contributed by atoms with Gasteiger partial charge in [-0.25, -0.2) is 9.78 Å². The molecule has 7 heteroatoms. The minimum Gasteiger partial charge on any atom is -0.439 e. The Hall–Kier alpha value is -3.87. The number of rotatable bonds is 8. The summed E-state index contributed by atoms with van der Waals surface area (Å²) in [5.41, 5.74) is 3.95. The smallest absolute Gasteiger partial charge is 0.317 e. The normalized spacial score (nSPS) is 10.3. The summed E-state index contributed by atoms with van der Waals surface area (Å²) in [6.45, 7) is 4.81. The number of aryl methyl sites for hydroxylation is 2. The predicted octanol–water partition coefficient (Wildman–Crippen LogP) is 4.66. The van der Waals surface area contributed by atoms with Crippen molar-refractivity contribution in [2.45, 2.75) is 26.8 Å². The lowest BCUT2D eigenvalue weighted by Crippen LogP contribution is -2.38. The van der Waals surface area contributed by atoms with Crippen LogP contribution in [0.15, 0.2) is 66.9 Å². The van der Waals surface area contributed by atoms with Gasteiger partial charge in [0.25, 0.3) is 0 Å². The molecule has 3 amide bonds. The van der Waals surface area contributed by atoms with E-state index in [9.17, 15) is 9.59 Å². The Morgan fingerprint density at radius 2 is 1.78 bits per heavy atom. The number of urea groups is 1. The van der Waals surface area contributed by atoms with E-state index in [4.69, 9.17) is 4.74 Å². The molecule has 2 N–H and O–H groups in total. The molecule has 2 aromatic carbocycles. The Morgan fingerprint density at radius 3 is 2.47 bits per heavy atom. The number of ether oxygens (including phenoxy) is 1. The topological polar surface area (TPSA) is 83.6 Å². The average Bonchev–Trinajstić information content (AvgIpc) is 2.78. The molecule has 0 unspecified atom stereocenters. The molecule has 0 fully saturated rings. The quantitative estimate of drug-likeness (QED) is 0.542. The highest BCUT2D eigenvalue weighted by Gasteiger charge is 2.10. The second-order valence-electron chi connectivity index (χ2n) is 7.61. The van der Waals surface area contributed by atoms with Crippen LogP contribution in [-0.2, 0) is 11.3 Å². The van der Waals surface area contributed by atoms with Crippen LogP contribution >= 0.6 is 0 Å². The lowest BCUT2D eigenvalue weighted by molar-refractivity contribution is -0.116. The second-order valence-corrected chi connectivity index (χ2v) is 7.61. The van der Waals surface area contributed by atoms with Crippen molar-refractivity contribution in [1.82, 2.24) is 15.2 Å². The van der Waals surface area contributed by atoms with Crippen LogP contribution in [0.3, 0.4) is 0 Å². The largest absolute Gasteiger partial charge is 0.439 e. The molecule has 0 saturated carbocycles. The van der Waals surface area contributed by atoms with Gasteiger partial charge in [-0.05, 0) is 48.7 Å². The minimum atomic E-state index is -0.226. The molecule has 0 spiro atoms. The fraction of sp³-hybridized carbons (Fsp3) is 0.240. The van der Waals surface area contributed by atoms with Crippen molar-refractivity contribution >= 4 is 17.6 Å². The molecule has 1 heterocycles. The summed E-state index contributed by atoms with van der Waals surface area (Å²) < 4.78 is 5.75. The van der Waals surface area contributed by atoms with Crippen LogP contribution in [0.2, 0.25) is 0 Å². The third-order valence-electron chi connectivity index (χ3n) is 4.96. The maximum absolute atomic E-state index is 12.2. The highest BCUT2D eigenvalue weighted by atomic mass is 16.5. The van der Waals surface area contributed by atoms with Crippen molar-refractivity contribution in [2.75, 3.05) is 18.9 Å². The predicted molar refractivity (Wildman–Crippen MR) is 125 cm³/mol. The number of anilines is 1. The van der Waals surface area contributed by atoms with Crippen molar-refractivity contribution < 1.29 is 14.3 Å². The third kappa shape index (κ3) is 6.84. The first-order chi connectivity index (χ1) is 15.4. The van der Waals surface area contributed by atoms with Gasteiger partial charge < -0.3 is 20.3 Å². The molecule has 0 aliphatic rings. The summed E-state index contributed by atoms with van der Waals surface area (Å²) in [4.78, 5) is 30.2. The van der Waals surface area contributed by atoms with E-state index in [1.165, 1.54) is 5.56 Å². The highest BCUT2D eigenvalue weighted by molar-refractivity contribution is 5.91. The summed E-state index contributed by atoms with van der Waals surface area (Å²) in [5.74, 6) is 0.950. The van der Waals surface area contributed by atoms with E-state index < -0.39 is 0 Å². The molecular formula is C25H28N4O3. The molecule has 0 bridgehead atoms. The molecule has 1 aromatic heterocycles. The van der Waals surface area contributed by atoms with E-state index >= 15 is 0 Å². The number of amides is 3. The van der Waals surface area contributed by atoms with Gasteiger partial charge in [0.15, 0.2) is 0 Å². The van der Waals surface area contributed by atoms with Gasteiger partial charge in [0, 0.05) is 32.6 Å². The molecule has 0 atom stereocenters. The number of hydrogen-bond donors (Lipinski definition) is 2. The van der Waals surface area contributed by atoms with Crippen LogP contribution in [0.5, 0.6) is 11.6 Å². The third-order valence-corrected chi connectivity index (χ3v) is 4.96. The number of nitrogens with zero attached hydrogens (tertiary/aromatic N) is 2. The Labute approximate surface area is 188 Å². The first-order valence-corrected chi connectivity index (χ1v) is 10.4. The van der Waals surface area contributed by atoms with Crippen molar-refractivity contribution in [2.24, 2.45) is 0 Å². The Balaban J connectivity index is 1.40. The van der Waals surface area contributed by atoms with Gasteiger partial charge in [-0.3, -0.25) is 4.79 Å². The van der Waals surface area contributed by atoms with Gasteiger partial charge in [-0.15, -0.1) is 0 Å². The monoisotopic (exact) mass is 432 g/mol. The fourth-order valence-corrected chi connectivity index (χ4v) is 2.98. The number of pyridine rings is 1. The zero-order chi connectivity index (χ0) is 22.9. The number of nitrogens with one attached hydrogen (secondary N) is 2. The zero-order valence-corrected chi connectivity index (χ0v) is 18.6. The summed E-state index contributed by atoms with van der Waals surface area (Å²) in [7, 11) is 1.72. The first-order valence-electron chi connectivity index (χ1n) is 10.4. The fourth-order valence-electron chi connectivity index (χ4n) is 2.98. The number of carbonyl (C=O) groups excluding carboxylic acids is 2. The number of aromatic nitrogens is 1. The maximum Gasteiger partial charge on any atom is 0.317 e. The lowest BCUT2D eigenvalue weighted by Gasteiger charge is -2.18. The SMILES string of the molecule is Cc1ccc(Oc2ccc(NC(=O)CCNC(=O)N(C)Cc3ccccc3)cn2)cc1C. The molecule has 0 saturated heterocycles. The number of hydrogen-bond acceptors (Lipinski definition) is 4. The second kappa shape index (κ2) is 10.9. The van der Waals surface area contributed by atoms with Gasteiger partial charge >= 0.3 is 6.03 Å². The zero-order valence-electron chi connectivity index (χ0n) is 18.6.